The summed E-state index contributed by atoms with van der Waals surface area (Å²) in [6.07, 6.45) is 14.0. The van der Waals surface area contributed by atoms with Crippen molar-refractivity contribution in [2.45, 2.75) is 25.7 Å². The zero-order chi connectivity index (χ0) is 7.66. The molecule has 0 bridgehead atoms. The summed E-state index contributed by atoms with van der Waals surface area (Å²) >= 11 is 0. The van der Waals surface area contributed by atoms with Crippen LogP contribution in [0.4, 0.5) is 0 Å². The number of rotatable bonds is 0. The SMILES string of the molecule is C1=CCCCCC=C1.CO.[Rh]. The van der Waals surface area contributed by atoms with Crippen molar-refractivity contribution in [3.63, 3.8) is 0 Å². The van der Waals surface area contributed by atoms with Crippen molar-refractivity contribution in [2.24, 2.45) is 0 Å². The van der Waals surface area contributed by atoms with Gasteiger partial charge in [-0.05, 0) is 25.7 Å². The minimum absolute atomic E-state index is 0. The van der Waals surface area contributed by atoms with Crippen molar-refractivity contribution in [3.05, 3.63) is 24.3 Å². The maximum Gasteiger partial charge on any atom is 0.0319 e. The third-order valence-electron chi connectivity index (χ3n) is 1.37. The Hall–Kier alpha value is 0.0634. The molecule has 1 radical (unpaired) electrons. The van der Waals surface area contributed by atoms with E-state index in [1.165, 1.54) is 25.7 Å². The fourth-order valence-electron chi connectivity index (χ4n) is 0.874. The molecule has 0 unspecified atom stereocenters. The summed E-state index contributed by atoms with van der Waals surface area (Å²) < 4.78 is 0. The van der Waals surface area contributed by atoms with Gasteiger partial charge in [0, 0.05) is 26.6 Å². The molecule has 0 saturated carbocycles. The van der Waals surface area contributed by atoms with Crippen molar-refractivity contribution in [3.8, 4) is 0 Å². The first-order chi connectivity index (χ1) is 5.00. The molecule has 0 fully saturated rings. The standard InChI is InChI=1S/C8H12.CH4O.Rh/c1-2-4-6-8-7-5-3-1;1-2;/h1-4H,5-8H2;2H,1H3;. The molecular weight excluding hydrogens is 227 g/mol. The Bertz CT molecular complexity index is 94.1. The molecule has 0 aromatic rings. The molecule has 0 atom stereocenters. The van der Waals surface area contributed by atoms with Gasteiger partial charge in [0.15, 0.2) is 0 Å². The van der Waals surface area contributed by atoms with Crippen LogP contribution in [0.25, 0.3) is 0 Å². The summed E-state index contributed by atoms with van der Waals surface area (Å²) in [5, 5.41) is 7.00. The third kappa shape index (κ3) is 10.1. The van der Waals surface area contributed by atoms with Gasteiger partial charge in [0.1, 0.15) is 0 Å². The van der Waals surface area contributed by atoms with E-state index in [0.717, 1.165) is 7.11 Å². The van der Waals surface area contributed by atoms with Crippen LogP contribution in [0.15, 0.2) is 24.3 Å². The third-order valence-corrected chi connectivity index (χ3v) is 1.37. The van der Waals surface area contributed by atoms with Gasteiger partial charge in [0.05, 0.1) is 0 Å². The second-order valence-corrected chi connectivity index (χ2v) is 2.14. The maximum atomic E-state index is 7.00. The molecular formula is C9H16ORh. The van der Waals surface area contributed by atoms with Gasteiger partial charge >= 0.3 is 0 Å². The molecule has 1 N–H and O–H groups in total. The number of aliphatic hydroxyl groups is 1. The molecule has 0 aliphatic heterocycles. The summed E-state index contributed by atoms with van der Waals surface area (Å²) in [4.78, 5) is 0. The predicted molar refractivity (Wildman–Crippen MR) is 44.9 cm³/mol. The summed E-state index contributed by atoms with van der Waals surface area (Å²) in [5.74, 6) is 0. The summed E-state index contributed by atoms with van der Waals surface area (Å²) in [6.45, 7) is 0. The van der Waals surface area contributed by atoms with E-state index in [1.54, 1.807) is 0 Å². The van der Waals surface area contributed by atoms with E-state index in [2.05, 4.69) is 24.3 Å². The molecule has 0 spiro atoms. The largest absolute Gasteiger partial charge is 0.400 e. The van der Waals surface area contributed by atoms with Gasteiger partial charge in [-0.3, -0.25) is 0 Å². The van der Waals surface area contributed by atoms with Crippen LogP contribution in [0, 0.1) is 0 Å². The van der Waals surface area contributed by atoms with Crippen molar-refractivity contribution in [1.29, 1.82) is 0 Å². The van der Waals surface area contributed by atoms with E-state index in [-0.39, 0.29) is 19.5 Å². The molecule has 0 amide bonds. The number of allylic oxidation sites excluding steroid dienone is 4. The summed E-state index contributed by atoms with van der Waals surface area (Å²) in [6, 6.07) is 0. The quantitative estimate of drug-likeness (QED) is 0.647. The van der Waals surface area contributed by atoms with E-state index >= 15 is 0 Å². The van der Waals surface area contributed by atoms with E-state index in [1.807, 2.05) is 0 Å². The first-order valence-electron chi connectivity index (χ1n) is 3.76. The number of aliphatic hydroxyl groups excluding tert-OH is 1. The van der Waals surface area contributed by atoms with Crippen LogP contribution in [-0.4, -0.2) is 12.2 Å². The molecule has 0 aromatic heterocycles. The van der Waals surface area contributed by atoms with Gasteiger partial charge in [0.2, 0.25) is 0 Å². The fourth-order valence-corrected chi connectivity index (χ4v) is 0.874. The van der Waals surface area contributed by atoms with E-state index in [4.69, 9.17) is 5.11 Å². The van der Waals surface area contributed by atoms with Gasteiger partial charge in [0.25, 0.3) is 0 Å². The molecule has 11 heavy (non-hydrogen) atoms. The number of hydrogen-bond acceptors (Lipinski definition) is 1. The molecule has 1 aliphatic rings. The molecule has 0 saturated heterocycles. The summed E-state index contributed by atoms with van der Waals surface area (Å²) in [7, 11) is 1.00. The molecule has 0 aromatic carbocycles. The second-order valence-electron chi connectivity index (χ2n) is 2.14. The topological polar surface area (TPSA) is 20.2 Å². The number of hydrogen-bond donors (Lipinski definition) is 1. The van der Waals surface area contributed by atoms with Crippen LogP contribution in [-0.2, 0) is 19.5 Å². The van der Waals surface area contributed by atoms with Gasteiger partial charge in [-0.1, -0.05) is 24.3 Å². The molecule has 1 rings (SSSR count). The summed E-state index contributed by atoms with van der Waals surface area (Å²) in [5.41, 5.74) is 0. The Morgan fingerprint density at radius 2 is 1.27 bits per heavy atom. The van der Waals surface area contributed by atoms with Crippen molar-refractivity contribution < 1.29 is 24.6 Å². The van der Waals surface area contributed by atoms with Crippen molar-refractivity contribution >= 4 is 0 Å². The minimum atomic E-state index is 0. The normalized spacial score (nSPS) is 15.1. The van der Waals surface area contributed by atoms with Crippen LogP contribution in [0.2, 0.25) is 0 Å². The Balaban J connectivity index is 0. The molecule has 2 heteroatoms. The van der Waals surface area contributed by atoms with Gasteiger partial charge in [-0.25, -0.2) is 0 Å². The fraction of sp³-hybridized carbons (Fsp3) is 0.556. The average Bonchev–Trinajstić information content (AvgIpc) is 1.90. The molecule has 0 heterocycles. The predicted octanol–water partition coefficient (Wildman–Crippen LogP) is 2.28. The average molecular weight is 243 g/mol. The van der Waals surface area contributed by atoms with Gasteiger partial charge < -0.3 is 5.11 Å². The Kier molecular flexibility index (Phi) is 15.8. The van der Waals surface area contributed by atoms with E-state index in [9.17, 15) is 0 Å². The molecule has 1 aliphatic carbocycles. The van der Waals surface area contributed by atoms with Crippen LogP contribution < -0.4 is 0 Å². The van der Waals surface area contributed by atoms with E-state index in [0.29, 0.717) is 0 Å². The first kappa shape index (κ1) is 13.6. The maximum absolute atomic E-state index is 7.00. The zero-order valence-electron chi connectivity index (χ0n) is 6.92. The zero-order valence-corrected chi connectivity index (χ0v) is 8.56. The first-order valence-corrected chi connectivity index (χ1v) is 3.76. The van der Waals surface area contributed by atoms with Crippen LogP contribution >= 0.6 is 0 Å². The van der Waals surface area contributed by atoms with Crippen molar-refractivity contribution in [1.82, 2.24) is 0 Å². The molecule has 1 nitrogen and oxygen atoms in total. The monoisotopic (exact) mass is 243 g/mol. The second kappa shape index (κ2) is 12.7. The van der Waals surface area contributed by atoms with Crippen LogP contribution in [0.3, 0.4) is 0 Å². The van der Waals surface area contributed by atoms with E-state index < -0.39 is 0 Å². The smallest absolute Gasteiger partial charge is 0.0319 e. The van der Waals surface area contributed by atoms with Crippen molar-refractivity contribution in [2.75, 3.05) is 7.11 Å². The Labute approximate surface area is 82.0 Å². The Morgan fingerprint density at radius 1 is 0.909 bits per heavy atom. The van der Waals surface area contributed by atoms with Gasteiger partial charge in [-0.2, -0.15) is 0 Å². The van der Waals surface area contributed by atoms with Crippen LogP contribution in [0.1, 0.15) is 25.7 Å². The van der Waals surface area contributed by atoms with Crippen LogP contribution in [0.5, 0.6) is 0 Å². The minimum Gasteiger partial charge on any atom is -0.400 e. The van der Waals surface area contributed by atoms with Gasteiger partial charge in [-0.15, -0.1) is 0 Å². The Morgan fingerprint density at radius 3 is 1.64 bits per heavy atom. The molecule has 67 valence electrons.